The molecule has 0 spiro atoms. The Bertz CT molecular complexity index is 1140. The van der Waals surface area contributed by atoms with Gasteiger partial charge in [0.2, 0.25) is 0 Å². The van der Waals surface area contributed by atoms with Gasteiger partial charge in [-0.05, 0) is 69.5 Å². The van der Waals surface area contributed by atoms with Crippen LogP contribution in [0.3, 0.4) is 0 Å². The van der Waals surface area contributed by atoms with Crippen LogP contribution in [0.25, 0.3) is 22.7 Å². The van der Waals surface area contributed by atoms with Crippen LogP contribution in [0.2, 0.25) is 0 Å². The number of hydrogen-bond acceptors (Lipinski definition) is 4. The molecule has 2 heterocycles. The highest BCUT2D eigenvalue weighted by Crippen LogP contribution is 2.30. The summed E-state index contributed by atoms with van der Waals surface area (Å²) >= 11 is 0. The first-order valence-electron chi connectivity index (χ1n) is 10.7. The van der Waals surface area contributed by atoms with Crippen molar-refractivity contribution in [1.82, 2.24) is 15.3 Å². The Balaban J connectivity index is 1.80. The first-order valence-corrected chi connectivity index (χ1v) is 10.7. The van der Waals surface area contributed by atoms with Gasteiger partial charge in [0.05, 0.1) is 0 Å². The molecular formula is C26H31N3O3. The number of ether oxygens (including phenoxy) is 1. The van der Waals surface area contributed by atoms with Gasteiger partial charge in [0.25, 0.3) is 0 Å². The van der Waals surface area contributed by atoms with Crippen molar-refractivity contribution in [2.45, 2.75) is 58.6 Å². The molecule has 0 aliphatic carbocycles. The number of pyridine rings is 1. The quantitative estimate of drug-likeness (QED) is 0.385. The molecule has 6 heteroatoms. The maximum Gasteiger partial charge on any atom is 0.408 e. The predicted octanol–water partition coefficient (Wildman–Crippen LogP) is 5.71. The number of alkyl carbamates (subject to hydrolysis) is 1. The van der Waals surface area contributed by atoms with E-state index in [0.29, 0.717) is 5.57 Å². The average Bonchev–Trinajstić information content (AvgIpc) is 3.19. The first-order chi connectivity index (χ1) is 15.0. The molecule has 0 unspecified atom stereocenters. The maximum absolute atomic E-state index is 12.3. The van der Waals surface area contributed by atoms with Crippen molar-refractivity contribution in [3.63, 3.8) is 0 Å². The molecule has 168 valence electrons. The molecule has 2 N–H and O–H groups in total. The molecule has 0 aliphatic rings. The van der Waals surface area contributed by atoms with E-state index in [4.69, 9.17) is 4.74 Å². The first kappa shape index (κ1) is 23.3. The molecule has 0 fully saturated rings. The molecular weight excluding hydrogens is 402 g/mol. The summed E-state index contributed by atoms with van der Waals surface area (Å²) in [5, 5.41) is 3.93. The van der Waals surface area contributed by atoms with Gasteiger partial charge in [0.1, 0.15) is 11.2 Å². The third-order valence-electron chi connectivity index (χ3n) is 5.58. The van der Waals surface area contributed by atoms with Crippen molar-refractivity contribution < 1.29 is 14.3 Å². The number of amides is 1. The fourth-order valence-corrected chi connectivity index (χ4v) is 3.52. The molecule has 0 saturated heterocycles. The highest BCUT2D eigenvalue weighted by Gasteiger charge is 2.31. The van der Waals surface area contributed by atoms with Crippen LogP contribution in [0.1, 0.15) is 64.2 Å². The normalized spacial score (nSPS) is 13.6. The Morgan fingerprint density at radius 2 is 1.78 bits per heavy atom. The number of H-pyrrole nitrogens is 1. The van der Waals surface area contributed by atoms with Crippen molar-refractivity contribution in [3.05, 3.63) is 65.5 Å². The van der Waals surface area contributed by atoms with E-state index >= 15 is 0 Å². The second-order valence-corrected chi connectivity index (χ2v) is 9.55. The summed E-state index contributed by atoms with van der Waals surface area (Å²) in [6.07, 6.45) is 5.85. The van der Waals surface area contributed by atoms with Crippen molar-refractivity contribution in [1.29, 1.82) is 0 Å². The van der Waals surface area contributed by atoms with Crippen molar-refractivity contribution >= 4 is 35.1 Å². The van der Waals surface area contributed by atoms with Gasteiger partial charge in [-0.25, -0.2) is 9.78 Å². The van der Waals surface area contributed by atoms with Gasteiger partial charge < -0.3 is 15.0 Å². The number of fused-ring (bicyclic) bond motifs is 1. The number of aldehydes is 1. The van der Waals surface area contributed by atoms with E-state index in [1.165, 1.54) is 0 Å². The third-order valence-corrected chi connectivity index (χ3v) is 5.58. The molecule has 6 nitrogen and oxygen atoms in total. The van der Waals surface area contributed by atoms with Crippen molar-refractivity contribution in [2.24, 2.45) is 0 Å². The molecule has 32 heavy (non-hydrogen) atoms. The Morgan fingerprint density at radius 3 is 2.41 bits per heavy atom. The van der Waals surface area contributed by atoms with Gasteiger partial charge in [-0.2, -0.15) is 0 Å². The molecule has 3 aromatic rings. The monoisotopic (exact) mass is 433 g/mol. The zero-order valence-corrected chi connectivity index (χ0v) is 19.5. The van der Waals surface area contributed by atoms with E-state index in [1.54, 1.807) is 6.20 Å². The Hall–Kier alpha value is -3.41. The number of aromatic nitrogens is 2. The number of benzene rings is 1. The molecule has 1 atom stereocenters. The number of nitrogens with zero attached hydrogens (tertiary/aromatic N) is 1. The number of hydrogen-bond donors (Lipinski definition) is 2. The van der Waals surface area contributed by atoms with E-state index in [1.807, 2.05) is 83.3 Å². The zero-order valence-electron chi connectivity index (χ0n) is 19.5. The lowest BCUT2D eigenvalue weighted by atomic mass is 9.83. The fraction of sp³-hybridized carbons (Fsp3) is 0.346. The van der Waals surface area contributed by atoms with E-state index in [9.17, 15) is 9.59 Å². The minimum atomic E-state index is -0.552. The second-order valence-electron chi connectivity index (χ2n) is 9.55. The minimum absolute atomic E-state index is 0.0207. The van der Waals surface area contributed by atoms with Crippen molar-refractivity contribution in [2.75, 3.05) is 0 Å². The molecule has 1 aromatic carbocycles. The third kappa shape index (κ3) is 5.44. The van der Waals surface area contributed by atoms with Gasteiger partial charge >= 0.3 is 6.09 Å². The summed E-state index contributed by atoms with van der Waals surface area (Å²) in [7, 11) is 0. The lowest BCUT2D eigenvalue weighted by molar-refractivity contribution is -0.103. The number of nitrogens with one attached hydrogen (secondary N) is 2. The van der Waals surface area contributed by atoms with Gasteiger partial charge in [-0.15, -0.1) is 0 Å². The second kappa shape index (κ2) is 8.99. The lowest BCUT2D eigenvalue weighted by Gasteiger charge is -2.34. The average molecular weight is 434 g/mol. The SMILES string of the molecule is C[C@@H](c1ccc(/C(C=O)=C/c2ccnc3[nH]ccc23)cc1)C(C)(C)NC(=O)OC(C)(C)C. The van der Waals surface area contributed by atoms with Crippen LogP contribution in [0.5, 0.6) is 0 Å². The highest BCUT2D eigenvalue weighted by atomic mass is 16.6. The minimum Gasteiger partial charge on any atom is -0.444 e. The summed E-state index contributed by atoms with van der Waals surface area (Å²) in [5.74, 6) is 0.0207. The standard InChI is InChI=1S/C26H31N3O3/c1-17(26(5,6)29-24(31)32-25(2,3)4)18-7-9-19(10-8-18)21(16-30)15-20-11-13-27-23-22(20)12-14-28-23/h7-17H,1-6H3,(H,27,28)(H,29,31)/b21-15+/t17-/m0/s1. The van der Waals surface area contributed by atoms with E-state index in [0.717, 1.165) is 34.0 Å². The van der Waals surface area contributed by atoms with Crippen LogP contribution < -0.4 is 5.32 Å². The summed E-state index contributed by atoms with van der Waals surface area (Å²) < 4.78 is 5.40. The zero-order chi connectivity index (χ0) is 23.5. The summed E-state index contributed by atoms with van der Waals surface area (Å²) in [5.41, 5.74) is 3.11. The van der Waals surface area contributed by atoms with Gasteiger partial charge in [-0.1, -0.05) is 31.2 Å². The number of rotatable bonds is 6. The molecule has 0 saturated carbocycles. The van der Waals surface area contributed by atoms with E-state index in [-0.39, 0.29) is 5.92 Å². The number of carbonyl (C=O) groups excluding carboxylic acids is 2. The summed E-state index contributed by atoms with van der Waals surface area (Å²) in [6, 6.07) is 11.7. The fourth-order valence-electron chi connectivity index (χ4n) is 3.52. The van der Waals surface area contributed by atoms with Crippen LogP contribution in [0, 0.1) is 0 Å². The van der Waals surface area contributed by atoms with Gasteiger partial charge in [0, 0.05) is 34.8 Å². The predicted molar refractivity (Wildman–Crippen MR) is 128 cm³/mol. The van der Waals surface area contributed by atoms with Crippen LogP contribution >= 0.6 is 0 Å². The molecule has 0 bridgehead atoms. The number of allylic oxidation sites excluding steroid dienone is 1. The van der Waals surface area contributed by atoms with Gasteiger partial charge in [-0.3, -0.25) is 4.79 Å². The maximum atomic E-state index is 12.3. The summed E-state index contributed by atoms with van der Waals surface area (Å²) in [6.45, 7) is 11.5. The van der Waals surface area contributed by atoms with Crippen LogP contribution in [-0.2, 0) is 9.53 Å². The number of carbonyl (C=O) groups is 2. The summed E-state index contributed by atoms with van der Waals surface area (Å²) in [4.78, 5) is 31.5. The van der Waals surface area contributed by atoms with Gasteiger partial charge in [0.15, 0.2) is 6.29 Å². The van der Waals surface area contributed by atoms with E-state index < -0.39 is 17.2 Å². The van der Waals surface area contributed by atoms with Crippen LogP contribution in [0.4, 0.5) is 4.79 Å². The molecule has 1 amide bonds. The topological polar surface area (TPSA) is 84.1 Å². The van der Waals surface area contributed by atoms with Crippen molar-refractivity contribution in [3.8, 4) is 0 Å². The number of aromatic amines is 1. The molecule has 0 radical (unpaired) electrons. The largest absolute Gasteiger partial charge is 0.444 e. The lowest BCUT2D eigenvalue weighted by Crippen LogP contribution is -2.48. The Labute approximate surface area is 189 Å². The Morgan fingerprint density at radius 1 is 1.09 bits per heavy atom. The molecule has 2 aromatic heterocycles. The van der Waals surface area contributed by atoms with E-state index in [2.05, 4.69) is 22.2 Å². The van der Waals surface area contributed by atoms with Crippen LogP contribution in [0.15, 0.2) is 48.8 Å². The smallest absolute Gasteiger partial charge is 0.408 e. The molecule has 3 rings (SSSR count). The molecule has 0 aliphatic heterocycles. The highest BCUT2D eigenvalue weighted by molar-refractivity contribution is 6.14. The Kier molecular flexibility index (Phi) is 6.53. The van der Waals surface area contributed by atoms with Crippen LogP contribution in [-0.4, -0.2) is 33.5 Å².